The Morgan fingerprint density at radius 1 is 0.562 bits per heavy atom. The molecule has 0 unspecified atom stereocenters. The van der Waals surface area contributed by atoms with Crippen molar-refractivity contribution in [2.75, 3.05) is 0 Å². The van der Waals surface area contributed by atoms with E-state index in [-0.39, 0.29) is 0 Å². The number of hydrogen-bond donors (Lipinski definition) is 0. The van der Waals surface area contributed by atoms with Crippen LogP contribution < -0.4 is 0 Å². The number of azo groups is 1. The summed E-state index contributed by atoms with van der Waals surface area (Å²) in [6, 6.07) is 24.1. The lowest BCUT2D eigenvalue weighted by molar-refractivity contribution is -0.410. The van der Waals surface area contributed by atoms with Gasteiger partial charge in [0, 0.05) is 0 Å². The zero-order valence-corrected chi connectivity index (χ0v) is 20.4. The van der Waals surface area contributed by atoms with Crippen LogP contribution in [0.2, 0.25) is 0 Å². The minimum absolute atomic E-state index is 0.493. The van der Waals surface area contributed by atoms with Crippen LogP contribution in [0, 0.1) is 22.7 Å². The summed E-state index contributed by atoms with van der Waals surface area (Å²) in [5.74, 6) is 0. The van der Waals surface area contributed by atoms with Crippen molar-refractivity contribution in [1.29, 1.82) is 10.5 Å². The molecule has 0 aromatic heterocycles. The van der Waals surface area contributed by atoms with E-state index in [9.17, 15) is 0 Å². The monoisotopic (exact) mass is 434 g/mol. The SMILES string of the molecule is CC(C)(C#N)N=NC(C)(C)C#N.CC(C)(OOC(C)(C)c1ccccc1)c1ccccc1. The molecule has 0 aliphatic heterocycles. The Balaban J connectivity index is 0.000000368. The molecule has 32 heavy (non-hydrogen) atoms. The molecule has 6 nitrogen and oxygen atoms in total. The number of hydrogen-bond acceptors (Lipinski definition) is 6. The van der Waals surface area contributed by atoms with Crippen molar-refractivity contribution in [2.24, 2.45) is 10.2 Å². The summed E-state index contributed by atoms with van der Waals surface area (Å²) in [5, 5.41) is 24.7. The molecule has 0 atom stereocenters. The highest BCUT2D eigenvalue weighted by Crippen LogP contribution is 2.31. The van der Waals surface area contributed by atoms with Crippen LogP contribution in [0.4, 0.5) is 0 Å². The van der Waals surface area contributed by atoms with Crippen molar-refractivity contribution in [3.8, 4) is 12.1 Å². The van der Waals surface area contributed by atoms with Gasteiger partial charge in [-0.15, -0.1) is 0 Å². The number of nitriles is 2. The van der Waals surface area contributed by atoms with Crippen LogP contribution in [0.15, 0.2) is 70.9 Å². The molecule has 0 spiro atoms. The molecule has 0 radical (unpaired) electrons. The van der Waals surface area contributed by atoms with Gasteiger partial charge in [-0.1, -0.05) is 60.7 Å². The minimum atomic E-state index is -0.839. The molecule has 0 heterocycles. The molecule has 0 fully saturated rings. The van der Waals surface area contributed by atoms with E-state index in [0.29, 0.717) is 0 Å². The Morgan fingerprint density at radius 2 is 0.844 bits per heavy atom. The second kappa shape index (κ2) is 11.0. The molecule has 0 amide bonds. The van der Waals surface area contributed by atoms with Gasteiger partial charge < -0.3 is 0 Å². The fourth-order valence-electron chi connectivity index (χ4n) is 2.28. The molecule has 2 aromatic rings. The summed E-state index contributed by atoms with van der Waals surface area (Å²) < 4.78 is 0. The first-order valence-electron chi connectivity index (χ1n) is 10.5. The highest BCUT2D eigenvalue weighted by Gasteiger charge is 2.29. The van der Waals surface area contributed by atoms with Crippen LogP contribution in [-0.4, -0.2) is 11.1 Å². The van der Waals surface area contributed by atoms with Gasteiger partial charge in [0.05, 0.1) is 12.1 Å². The highest BCUT2D eigenvalue weighted by molar-refractivity contribution is 5.22. The van der Waals surface area contributed by atoms with Crippen molar-refractivity contribution >= 4 is 0 Å². The zero-order valence-electron chi connectivity index (χ0n) is 20.4. The molecule has 0 aliphatic rings. The largest absolute Gasteiger partial charge is 0.225 e. The number of rotatable bonds is 7. The molecule has 0 aliphatic carbocycles. The van der Waals surface area contributed by atoms with Gasteiger partial charge in [-0.25, -0.2) is 9.78 Å². The van der Waals surface area contributed by atoms with E-state index in [1.807, 2.05) is 100 Å². The lowest BCUT2D eigenvalue weighted by atomic mass is 9.98. The van der Waals surface area contributed by atoms with Gasteiger partial charge in [-0.2, -0.15) is 20.8 Å². The summed E-state index contributed by atoms with van der Waals surface area (Å²) in [6.45, 7) is 14.6. The zero-order chi connectivity index (χ0) is 24.5. The molecule has 2 rings (SSSR count). The first-order chi connectivity index (χ1) is 14.7. The molecule has 2 aromatic carbocycles. The predicted molar refractivity (Wildman–Crippen MR) is 125 cm³/mol. The van der Waals surface area contributed by atoms with Gasteiger partial charge >= 0.3 is 0 Å². The van der Waals surface area contributed by atoms with Crippen molar-refractivity contribution < 1.29 is 9.78 Å². The van der Waals surface area contributed by atoms with E-state index in [4.69, 9.17) is 20.3 Å². The van der Waals surface area contributed by atoms with Gasteiger partial charge in [0.2, 0.25) is 0 Å². The predicted octanol–water partition coefficient (Wildman–Crippen LogP) is 6.85. The lowest BCUT2D eigenvalue weighted by Gasteiger charge is -2.31. The van der Waals surface area contributed by atoms with Crippen LogP contribution in [0.25, 0.3) is 0 Å². The van der Waals surface area contributed by atoms with Gasteiger partial charge in [0.1, 0.15) is 11.2 Å². The smallest absolute Gasteiger partial charge is 0.162 e. The summed E-state index contributed by atoms with van der Waals surface area (Å²) in [5.41, 5.74) is -0.490. The van der Waals surface area contributed by atoms with Crippen LogP contribution in [0.3, 0.4) is 0 Å². The first-order valence-corrected chi connectivity index (χ1v) is 10.5. The molecule has 0 N–H and O–H groups in total. The van der Waals surface area contributed by atoms with Crippen molar-refractivity contribution in [1.82, 2.24) is 0 Å². The standard InChI is InChI=1S/C18H22O2.C8H12N4/c1-17(2,15-11-7-5-8-12-15)19-20-18(3,4)16-13-9-6-10-14-16;1-7(2,5-9)11-12-8(3,4)6-10/h5-14H,1-4H3;1-4H3. The van der Waals surface area contributed by atoms with Crippen molar-refractivity contribution in [3.05, 3.63) is 71.8 Å². The summed E-state index contributed by atoms with van der Waals surface area (Å²) in [6.07, 6.45) is 0. The third kappa shape index (κ3) is 8.98. The maximum Gasteiger partial charge on any atom is 0.162 e. The second-order valence-corrected chi connectivity index (χ2v) is 9.46. The van der Waals surface area contributed by atoms with Gasteiger partial charge in [0.25, 0.3) is 0 Å². The van der Waals surface area contributed by atoms with Crippen LogP contribution >= 0.6 is 0 Å². The minimum Gasteiger partial charge on any atom is -0.225 e. The topological polar surface area (TPSA) is 90.8 Å². The second-order valence-electron chi connectivity index (χ2n) is 9.46. The fraction of sp³-hybridized carbons (Fsp3) is 0.462. The van der Waals surface area contributed by atoms with Crippen LogP contribution in [0.5, 0.6) is 0 Å². The molecular formula is C26H34N4O2. The maximum absolute atomic E-state index is 8.58. The van der Waals surface area contributed by atoms with Gasteiger partial charge in [0.15, 0.2) is 11.1 Å². The molecular weight excluding hydrogens is 400 g/mol. The van der Waals surface area contributed by atoms with E-state index >= 15 is 0 Å². The van der Waals surface area contributed by atoms with E-state index in [1.165, 1.54) is 0 Å². The average molecular weight is 435 g/mol. The van der Waals surface area contributed by atoms with E-state index in [1.54, 1.807) is 27.7 Å². The van der Waals surface area contributed by atoms with Crippen molar-refractivity contribution in [2.45, 2.75) is 77.7 Å². The first kappa shape index (κ1) is 27.0. The van der Waals surface area contributed by atoms with E-state index in [0.717, 1.165) is 11.1 Å². The average Bonchev–Trinajstić information content (AvgIpc) is 2.78. The quantitative estimate of drug-likeness (QED) is 0.271. The molecule has 170 valence electrons. The molecule has 0 bridgehead atoms. The fourth-order valence-corrected chi connectivity index (χ4v) is 2.28. The maximum atomic E-state index is 8.58. The third-order valence-corrected chi connectivity index (χ3v) is 4.49. The Hall–Kier alpha value is -3.06. The summed E-state index contributed by atoms with van der Waals surface area (Å²) >= 11 is 0. The Kier molecular flexibility index (Phi) is 9.27. The molecule has 6 heteroatoms. The van der Waals surface area contributed by atoms with Gasteiger partial charge in [-0.05, 0) is 66.5 Å². The lowest BCUT2D eigenvalue weighted by Crippen LogP contribution is -2.29. The van der Waals surface area contributed by atoms with Gasteiger partial charge in [-0.3, -0.25) is 0 Å². The van der Waals surface area contributed by atoms with Crippen molar-refractivity contribution in [3.63, 3.8) is 0 Å². The number of nitrogens with zero attached hydrogens (tertiary/aromatic N) is 4. The summed E-state index contributed by atoms with van der Waals surface area (Å²) in [4.78, 5) is 11.5. The van der Waals surface area contributed by atoms with E-state index in [2.05, 4.69) is 10.2 Å². The Morgan fingerprint density at radius 3 is 1.09 bits per heavy atom. The van der Waals surface area contributed by atoms with E-state index < -0.39 is 22.3 Å². The third-order valence-electron chi connectivity index (χ3n) is 4.49. The summed E-state index contributed by atoms with van der Waals surface area (Å²) in [7, 11) is 0. The molecule has 0 saturated heterocycles. The molecule has 0 saturated carbocycles. The van der Waals surface area contributed by atoms with Crippen LogP contribution in [-0.2, 0) is 21.0 Å². The van der Waals surface area contributed by atoms with Crippen LogP contribution in [0.1, 0.15) is 66.5 Å². The highest BCUT2D eigenvalue weighted by atomic mass is 17.2. The Labute approximate surface area is 192 Å². The number of benzene rings is 2. The normalized spacial score (nSPS) is 12.4. The Bertz CT molecular complexity index is 871.